The van der Waals surface area contributed by atoms with Crippen molar-refractivity contribution in [3.8, 4) is 0 Å². The summed E-state index contributed by atoms with van der Waals surface area (Å²) >= 11 is 7.51. The number of hydrogen-bond acceptors (Lipinski definition) is 6. The Morgan fingerprint density at radius 1 is 0.885 bits per heavy atom. The second-order valence-electron chi connectivity index (χ2n) is 5.44. The smallest absolute Gasteiger partial charge is 0.206 e. The van der Waals surface area contributed by atoms with Crippen molar-refractivity contribution in [2.75, 3.05) is 5.32 Å². The van der Waals surface area contributed by atoms with E-state index in [0.29, 0.717) is 10.9 Å². The number of nitrogens with zero attached hydrogens (tertiary/aromatic N) is 2. The van der Waals surface area contributed by atoms with Gasteiger partial charge >= 0.3 is 0 Å². The zero-order chi connectivity index (χ0) is 18.1. The summed E-state index contributed by atoms with van der Waals surface area (Å²) < 4.78 is 26.6. The molecular weight excluding hydrogens is 390 g/mol. The minimum Gasteiger partial charge on any atom is -0.316 e. The molecule has 0 spiro atoms. The Balaban J connectivity index is 1.72. The van der Waals surface area contributed by atoms with Gasteiger partial charge in [0.25, 0.3) is 0 Å². The van der Waals surface area contributed by atoms with Gasteiger partial charge < -0.3 is 5.32 Å². The van der Waals surface area contributed by atoms with E-state index in [1.165, 1.54) is 23.5 Å². The van der Waals surface area contributed by atoms with E-state index in [-0.39, 0.29) is 14.9 Å². The molecule has 5 nitrogen and oxygen atoms in total. The number of benzene rings is 2. The lowest BCUT2D eigenvalue weighted by molar-refractivity contribution is 0.596. The minimum absolute atomic E-state index is 0.0762. The molecule has 130 valence electrons. The molecule has 0 amide bonds. The van der Waals surface area contributed by atoms with Crippen LogP contribution in [0.2, 0.25) is 5.15 Å². The monoisotopic (exact) mass is 401 g/mol. The topological polar surface area (TPSA) is 72.0 Å². The van der Waals surface area contributed by atoms with Crippen LogP contribution < -0.4 is 5.32 Å². The minimum atomic E-state index is -3.68. The van der Waals surface area contributed by atoms with Crippen LogP contribution in [0.25, 0.3) is 10.2 Å². The van der Waals surface area contributed by atoms with Crippen molar-refractivity contribution in [1.82, 2.24) is 9.97 Å². The summed E-state index contributed by atoms with van der Waals surface area (Å²) in [6, 6.07) is 18.7. The van der Waals surface area contributed by atoms with E-state index in [9.17, 15) is 8.42 Å². The Morgan fingerprint density at radius 2 is 1.62 bits per heavy atom. The third kappa shape index (κ3) is 3.29. The van der Waals surface area contributed by atoms with Gasteiger partial charge in [0.05, 0.1) is 20.0 Å². The molecule has 0 fully saturated rings. The van der Waals surface area contributed by atoms with Gasteiger partial charge in [0, 0.05) is 6.07 Å². The number of thiazole rings is 1. The quantitative estimate of drug-likeness (QED) is 0.491. The highest BCUT2D eigenvalue weighted by atomic mass is 35.5. The lowest BCUT2D eigenvalue weighted by atomic mass is 10.3. The zero-order valence-electron chi connectivity index (χ0n) is 13.3. The van der Waals surface area contributed by atoms with E-state index in [4.69, 9.17) is 11.6 Å². The highest BCUT2D eigenvalue weighted by molar-refractivity contribution is 7.91. The number of nitrogens with one attached hydrogen (secondary N) is 1. The summed E-state index contributed by atoms with van der Waals surface area (Å²) in [6.07, 6.45) is 0. The maximum Gasteiger partial charge on any atom is 0.206 e. The fraction of sp³-hybridized carbons (Fsp3) is 0. The Labute approximate surface area is 159 Å². The van der Waals surface area contributed by atoms with E-state index in [1.54, 1.807) is 30.3 Å². The molecule has 0 unspecified atom stereocenters. The van der Waals surface area contributed by atoms with Gasteiger partial charge in [-0.25, -0.2) is 18.4 Å². The maximum atomic E-state index is 12.8. The van der Waals surface area contributed by atoms with Gasteiger partial charge in [0.1, 0.15) is 11.0 Å². The van der Waals surface area contributed by atoms with Crippen molar-refractivity contribution in [3.63, 3.8) is 0 Å². The average molecular weight is 402 g/mol. The molecule has 0 aliphatic carbocycles. The molecule has 0 radical (unpaired) electrons. The molecule has 0 saturated carbocycles. The first kappa shape index (κ1) is 17.0. The fourth-order valence-electron chi connectivity index (χ4n) is 2.46. The molecule has 1 N–H and O–H groups in total. The summed E-state index contributed by atoms with van der Waals surface area (Å²) in [6.45, 7) is 0. The number of fused-ring (bicyclic) bond motifs is 1. The van der Waals surface area contributed by atoms with Crippen molar-refractivity contribution in [2.45, 2.75) is 9.79 Å². The Kier molecular flexibility index (Phi) is 4.36. The first-order chi connectivity index (χ1) is 12.5. The molecule has 26 heavy (non-hydrogen) atoms. The summed E-state index contributed by atoms with van der Waals surface area (Å²) in [5.41, 5.74) is 0.860. The number of para-hydroxylation sites is 1. The second kappa shape index (κ2) is 6.68. The molecule has 0 saturated heterocycles. The van der Waals surface area contributed by atoms with Gasteiger partial charge in [-0.15, -0.1) is 0 Å². The van der Waals surface area contributed by atoms with Crippen LogP contribution in [0.15, 0.2) is 76.5 Å². The van der Waals surface area contributed by atoms with Gasteiger partial charge in [-0.1, -0.05) is 53.3 Å². The third-order valence-electron chi connectivity index (χ3n) is 3.66. The van der Waals surface area contributed by atoms with Crippen molar-refractivity contribution in [3.05, 3.63) is 71.9 Å². The average Bonchev–Trinajstić information content (AvgIpc) is 3.04. The summed E-state index contributed by atoms with van der Waals surface area (Å²) in [5, 5.41) is 3.75. The van der Waals surface area contributed by atoms with Crippen LogP contribution in [0, 0.1) is 0 Å². The summed E-state index contributed by atoms with van der Waals surface area (Å²) in [5.74, 6) is 0.325. The second-order valence-corrected chi connectivity index (χ2v) is 8.81. The Hall–Kier alpha value is -2.48. The maximum absolute atomic E-state index is 12.8. The van der Waals surface area contributed by atoms with Gasteiger partial charge in [-0.3, -0.25) is 0 Å². The van der Waals surface area contributed by atoms with Crippen LogP contribution >= 0.6 is 22.9 Å². The predicted molar refractivity (Wildman–Crippen MR) is 104 cm³/mol. The highest BCUT2D eigenvalue weighted by Gasteiger charge is 2.19. The lowest BCUT2D eigenvalue weighted by Crippen LogP contribution is -2.04. The van der Waals surface area contributed by atoms with Crippen LogP contribution in [0.1, 0.15) is 0 Å². The first-order valence-corrected chi connectivity index (χ1v) is 10.3. The molecule has 0 aliphatic heterocycles. The molecule has 4 rings (SSSR count). The molecule has 4 aromatic rings. The molecule has 0 aliphatic rings. The van der Waals surface area contributed by atoms with Crippen molar-refractivity contribution in [2.24, 2.45) is 0 Å². The molecule has 0 bridgehead atoms. The number of rotatable bonds is 4. The van der Waals surface area contributed by atoms with E-state index >= 15 is 0 Å². The van der Waals surface area contributed by atoms with Crippen molar-refractivity contribution >= 4 is 53.9 Å². The number of sulfone groups is 1. The molecule has 8 heteroatoms. The highest BCUT2D eigenvalue weighted by Crippen LogP contribution is 2.30. The molecule has 2 aromatic carbocycles. The largest absolute Gasteiger partial charge is 0.316 e. The number of hydrogen-bond donors (Lipinski definition) is 1. The zero-order valence-corrected chi connectivity index (χ0v) is 15.6. The van der Waals surface area contributed by atoms with Crippen LogP contribution in [0.3, 0.4) is 0 Å². The van der Waals surface area contributed by atoms with Crippen LogP contribution in [-0.4, -0.2) is 18.4 Å². The summed E-state index contributed by atoms with van der Waals surface area (Å²) in [4.78, 5) is 8.90. The van der Waals surface area contributed by atoms with E-state index < -0.39 is 9.84 Å². The molecular formula is C18H12ClN3O2S2. The number of pyridine rings is 1. The number of anilines is 2. The lowest BCUT2D eigenvalue weighted by Gasteiger charge is -2.08. The number of halogens is 1. The SMILES string of the molecule is O=S(=O)(c1ccccc1)c1cc(Cl)nc(Nc2nc3ccccc3s2)c1. The molecule has 2 aromatic heterocycles. The van der Waals surface area contributed by atoms with Crippen molar-refractivity contribution < 1.29 is 8.42 Å². The van der Waals surface area contributed by atoms with Crippen molar-refractivity contribution in [1.29, 1.82) is 0 Å². The van der Waals surface area contributed by atoms with Gasteiger partial charge in [-0.2, -0.15) is 0 Å². The molecule has 0 atom stereocenters. The normalized spacial score (nSPS) is 11.6. The van der Waals surface area contributed by atoms with E-state index in [2.05, 4.69) is 15.3 Å². The fourth-order valence-corrected chi connectivity index (χ4v) is 4.93. The standard InChI is InChI=1S/C18H12ClN3O2S2/c19-16-10-13(26(23,24)12-6-2-1-3-7-12)11-17(21-16)22-18-20-14-8-4-5-9-15(14)25-18/h1-11H,(H,20,21,22). The number of aromatic nitrogens is 2. The van der Waals surface area contributed by atoms with Gasteiger partial charge in [0.15, 0.2) is 5.13 Å². The Bertz CT molecular complexity index is 1160. The Morgan fingerprint density at radius 3 is 2.38 bits per heavy atom. The van der Waals surface area contributed by atoms with Crippen LogP contribution in [-0.2, 0) is 9.84 Å². The van der Waals surface area contributed by atoms with E-state index in [0.717, 1.165) is 10.2 Å². The van der Waals surface area contributed by atoms with E-state index in [1.807, 2.05) is 24.3 Å². The third-order valence-corrected chi connectivity index (χ3v) is 6.55. The van der Waals surface area contributed by atoms with Gasteiger partial charge in [-0.05, 0) is 30.3 Å². The van der Waals surface area contributed by atoms with Gasteiger partial charge in [0.2, 0.25) is 9.84 Å². The van der Waals surface area contributed by atoms with Crippen LogP contribution in [0.5, 0.6) is 0 Å². The molecule has 2 heterocycles. The predicted octanol–water partition coefficient (Wildman–Crippen LogP) is 4.92. The van der Waals surface area contributed by atoms with Crippen LogP contribution in [0.4, 0.5) is 10.9 Å². The first-order valence-electron chi connectivity index (χ1n) is 7.63. The summed E-state index contributed by atoms with van der Waals surface area (Å²) in [7, 11) is -3.68.